The molecule has 0 aliphatic carbocycles. The first kappa shape index (κ1) is 20.7. The minimum absolute atomic E-state index is 0.0283. The van der Waals surface area contributed by atoms with E-state index in [1.165, 1.54) is 0 Å². The van der Waals surface area contributed by atoms with Crippen LogP contribution in [0.25, 0.3) is 10.8 Å². The molecule has 31 heavy (non-hydrogen) atoms. The molecule has 0 aromatic heterocycles. The summed E-state index contributed by atoms with van der Waals surface area (Å²) in [6.45, 7) is 0.750. The molecule has 1 unspecified atom stereocenters. The first-order chi connectivity index (χ1) is 15.2. The summed E-state index contributed by atoms with van der Waals surface area (Å²) in [7, 11) is 3.22. The molecule has 0 radical (unpaired) electrons. The van der Waals surface area contributed by atoms with Crippen LogP contribution in [0.5, 0.6) is 11.5 Å². The number of piperidine rings is 1. The van der Waals surface area contributed by atoms with Crippen LogP contribution in [-0.2, 0) is 4.79 Å². The van der Waals surface area contributed by atoms with E-state index >= 15 is 0 Å². The topological polar surface area (TPSA) is 63.2 Å². The third-order valence-electron chi connectivity index (χ3n) is 5.56. The van der Waals surface area contributed by atoms with Crippen molar-refractivity contribution in [1.82, 2.24) is 5.01 Å². The Bertz CT molecular complexity index is 1100. The SMILES string of the molecule is COc1ccc(/C=N/N2CCCCC2C(=O)Nc2ccc3ccccc3c2)cc1OC. The number of nitrogens with one attached hydrogen (secondary N) is 1. The molecule has 1 saturated heterocycles. The van der Waals surface area contributed by atoms with Gasteiger partial charge in [0.2, 0.25) is 5.91 Å². The molecule has 160 valence electrons. The Morgan fingerprint density at radius 1 is 1.00 bits per heavy atom. The average Bonchev–Trinajstić information content (AvgIpc) is 2.82. The minimum Gasteiger partial charge on any atom is -0.493 e. The average molecular weight is 418 g/mol. The monoisotopic (exact) mass is 417 g/mol. The van der Waals surface area contributed by atoms with Crippen LogP contribution in [0.3, 0.4) is 0 Å². The van der Waals surface area contributed by atoms with Gasteiger partial charge in [0.15, 0.2) is 11.5 Å². The Balaban J connectivity index is 1.48. The van der Waals surface area contributed by atoms with E-state index in [4.69, 9.17) is 9.47 Å². The number of hydrazone groups is 1. The molecule has 1 aliphatic rings. The molecular formula is C25H27N3O3. The van der Waals surface area contributed by atoms with Gasteiger partial charge in [-0.1, -0.05) is 30.3 Å². The second-order valence-corrected chi connectivity index (χ2v) is 7.58. The molecule has 1 aliphatic heterocycles. The quantitative estimate of drug-likeness (QED) is 0.592. The lowest BCUT2D eigenvalue weighted by Gasteiger charge is -2.32. The highest BCUT2D eigenvalue weighted by Gasteiger charge is 2.28. The van der Waals surface area contributed by atoms with Crippen LogP contribution in [0.2, 0.25) is 0 Å². The van der Waals surface area contributed by atoms with Gasteiger partial charge >= 0.3 is 0 Å². The minimum atomic E-state index is -0.295. The molecule has 0 bridgehead atoms. The number of ether oxygens (including phenoxy) is 2. The van der Waals surface area contributed by atoms with Crippen molar-refractivity contribution in [2.75, 3.05) is 26.1 Å². The van der Waals surface area contributed by atoms with Gasteiger partial charge in [0.05, 0.1) is 20.4 Å². The number of methoxy groups -OCH3 is 2. The number of fused-ring (bicyclic) bond motifs is 1. The van der Waals surface area contributed by atoms with Crippen molar-refractivity contribution < 1.29 is 14.3 Å². The summed E-state index contributed by atoms with van der Waals surface area (Å²) in [4.78, 5) is 13.0. The Morgan fingerprint density at radius 2 is 1.81 bits per heavy atom. The first-order valence-corrected chi connectivity index (χ1v) is 10.5. The highest BCUT2D eigenvalue weighted by atomic mass is 16.5. The Hall–Kier alpha value is -3.54. The van der Waals surface area contributed by atoms with Gasteiger partial charge in [-0.05, 0) is 65.9 Å². The lowest BCUT2D eigenvalue weighted by Crippen LogP contribution is -2.44. The number of nitrogens with zero attached hydrogens (tertiary/aromatic N) is 2. The third kappa shape index (κ3) is 4.79. The standard InChI is InChI=1S/C25H27N3O3/c1-30-23-13-10-18(15-24(23)31-2)17-26-28-14-6-5-9-22(28)25(29)27-21-12-11-19-7-3-4-8-20(19)16-21/h3-4,7-8,10-13,15-17,22H,5-6,9,14H2,1-2H3,(H,27,29)/b26-17+. The fourth-order valence-electron chi connectivity index (χ4n) is 3.89. The summed E-state index contributed by atoms with van der Waals surface area (Å²) in [5, 5.41) is 11.8. The summed E-state index contributed by atoms with van der Waals surface area (Å²) < 4.78 is 10.6. The number of anilines is 1. The zero-order valence-electron chi connectivity index (χ0n) is 17.9. The Kier molecular flexibility index (Phi) is 6.36. The number of hydrogen-bond acceptors (Lipinski definition) is 5. The van der Waals surface area contributed by atoms with Gasteiger partial charge in [-0.3, -0.25) is 9.80 Å². The number of carbonyl (C=O) groups excluding carboxylic acids is 1. The van der Waals surface area contributed by atoms with E-state index in [2.05, 4.69) is 16.5 Å². The largest absolute Gasteiger partial charge is 0.493 e. The van der Waals surface area contributed by atoms with Crippen LogP contribution in [0, 0.1) is 0 Å². The molecule has 0 saturated carbocycles. The van der Waals surface area contributed by atoms with Crippen molar-refractivity contribution in [2.24, 2.45) is 5.10 Å². The molecular weight excluding hydrogens is 390 g/mol. The predicted molar refractivity (Wildman–Crippen MR) is 124 cm³/mol. The Labute approximate surface area is 182 Å². The summed E-state index contributed by atoms with van der Waals surface area (Å²) in [5.41, 5.74) is 1.69. The lowest BCUT2D eigenvalue weighted by molar-refractivity contribution is -0.122. The number of benzene rings is 3. The third-order valence-corrected chi connectivity index (χ3v) is 5.56. The van der Waals surface area contributed by atoms with E-state index in [9.17, 15) is 4.79 Å². The molecule has 1 atom stereocenters. The van der Waals surface area contributed by atoms with Crippen LogP contribution in [0.15, 0.2) is 65.8 Å². The first-order valence-electron chi connectivity index (χ1n) is 10.5. The van der Waals surface area contributed by atoms with Crippen molar-refractivity contribution in [3.63, 3.8) is 0 Å². The molecule has 6 nitrogen and oxygen atoms in total. The van der Waals surface area contributed by atoms with E-state index in [1.54, 1.807) is 20.4 Å². The molecule has 1 fully saturated rings. The van der Waals surface area contributed by atoms with Crippen LogP contribution in [0.1, 0.15) is 24.8 Å². The van der Waals surface area contributed by atoms with Crippen LogP contribution in [-0.4, -0.2) is 43.9 Å². The number of carbonyl (C=O) groups is 1. The normalized spacial score (nSPS) is 16.5. The maximum Gasteiger partial charge on any atom is 0.248 e. The van der Waals surface area contributed by atoms with Gasteiger partial charge in [-0.2, -0.15) is 5.10 Å². The molecule has 1 N–H and O–H groups in total. The van der Waals surface area contributed by atoms with E-state index in [1.807, 2.05) is 59.6 Å². The number of rotatable bonds is 6. The van der Waals surface area contributed by atoms with E-state index in [0.29, 0.717) is 11.5 Å². The van der Waals surface area contributed by atoms with Gasteiger partial charge in [0.25, 0.3) is 0 Å². The highest BCUT2D eigenvalue weighted by Crippen LogP contribution is 2.27. The number of hydrogen-bond donors (Lipinski definition) is 1. The van der Waals surface area contributed by atoms with E-state index < -0.39 is 0 Å². The van der Waals surface area contributed by atoms with Crippen LogP contribution in [0.4, 0.5) is 5.69 Å². The molecule has 1 heterocycles. The van der Waals surface area contributed by atoms with Crippen molar-refractivity contribution in [1.29, 1.82) is 0 Å². The van der Waals surface area contributed by atoms with Gasteiger partial charge in [0, 0.05) is 12.2 Å². The summed E-state index contributed by atoms with van der Waals surface area (Å²) in [6, 6.07) is 19.4. The number of amides is 1. The molecule has 0 spiro atoms. The summed E-state index contributed by atoms with van der Waals surface area (Å²) in [5.74, 6) is 1.29. The maximum absolute atomic E-state index is 13.0. The predicted octanol–water partition coefficient (Wildman–Crippen LogP) is 4.68. The van der Waals surface area contributed by atoms with Gasteiger partial charge < -0.3 is 14.8 Å². The fourth-order valence-corrected chi connectivity index (χ4v) is 3.89. The van der Waals surface area contributed by atoms with Crippen LogP contribution < -0.4 is 14.8 Å². The fraction of sp³-hybridized carbons (Fsp3) is 0.280. The zero-order valence-corrected chi connectivity index (χ0v) is 17.9. The van der Waals surface area contributed by atoms with Crippen molar-refractivity contribution >= 4 is 28.6 Å². The lowest BCUT2D eigenvalue weighted by atomic mass is 10.0. The maximum atomic E-state index is 13.0. The van der Waals surface area contributed by atoms with Crippen LogP contribution >= 0.6 is 0 Å². The van der Waals surface area contributed by atoms with Gasteiger partial charge in [0.1, 0.15) is 6.04 Å². The summed E-state index contributed by atoms with van der Waals surface area (Å²) in [6.07, 6.45) is 4.58. The molecule has 1 amide bonds. The second kappa shape index (κ2) is 9.51. The summed E-state index contributed by atoms with van der Waals surface area (Å²) >= 11 is 0. The molecule has 6 heteroatoms. The van der Waals surface area contributed by atoms with Gasteiger partial charge in [-0.15, -0.1) is 0 Å². The van der Waals surface area contributed by atoms with Crippen molar-refractivity contribution in [3.05, 3.63) is 66.2 Å². The molecule has 3 aromatic rings. The zero-order chi connectivity index (χ0) is 21.6. The molecule has 4 rings (SSSR count). The van der Waals surface area contributed by atoms with E-state index in [0.717, 1.165) is 47.8 Å². The highest BCUT2D eigenvalue weighted by molar-refractivity contribution is 5.97. The van der Waals surface area contributed by atoms with E-state index in [-0.39, 0.29) is 11.9 Å². The van der Waals surface area contributed by atoms with Crippen molar-refractivity contribution in [3.8, 4) is 11.5 Å². The van der Waals surface area contributed by atoms with Crippen molar-refractivity contribution in [2.45, 2.75) is 25.3 Å². The molecule has 3 aromatic carbocycles. The van der Waals surface area contributed by atoms with Gasteiger partial charge in [-0.25, -0.2) is 0 Å². The smallest absolute Gasteiger partial charge is 0.248 e. The second-order valence-electron chi connectivity index (χ2n) is 7.58. The Morgan fingerprint density at radius 3 is 2.61 bits per heavy atom.